The Labute approximate surface area is 130 Å². The van der Waals surface area contributed by atoms with E-state index in [4.69, 9.17) is 5.11 Å². The molecule has 1 atom stereocenters. The van der Waals surface area contributed by atoms with E-state index in [9.17, 15) is 14.7 Å². The lowest BCUT2D eigenvalue weighted by Crippen LogP contribution is -2.46. The Balaban J connectivity index is 2.62. The molecule has 6 heteroatoms. The molecular formula is C16H24N2O4. The van der Waals surface area contributed by atoms with E-state index < -0.39 is 17.5 Å². The lowest BCUT2D eigenvalue weighted by Gasteiger charge is -2.20. The summed E-state index contributed by atoms with van der Waals surface area (Å²) in [6.07, 6.45) is 2.22. The van der Waals surface area contributed by atoms with E-state index in [1.807, 2.05) is 19.2 Å². The average molecular weight is 308 g/mol. The number of carboxylic acids is 1. The Morgan fingerprint density at radius 2 is 1.86 bits per heavy atom. The summed E-state index contributed by atoms with van der Waals surface area (Å²) in [7, 11) is 1.99. The average Bonchev–Trinajstić information content (AvgIpc) is 2.50. The number of nitrogens with one attached hydrogen (secondary N) is 1. The van der Waals surface area contributed by atoms with Crippen molar-refractivity contribution in [3.05, 3.63) is 29.8 Å². The maximum Gasteiger partial charge on any atom is 0.337 e. The molecule has 0 bridgehead atoms. The second-order valence-electron chi connectivity index (χ2n) is 5.58. The number of unbranched alkanes of at least 4 members (excludes halogenated alkanes) is 1. The van der Waals surface area contributed by atoms with Gasteiger partial charge >= 0.3 is 5.97 Å². The van der Waals surface area contributed by atoms with Crippen LogP contribution in [0.4, 0.5) is 5.69 Å². The number of rotatable bonds is 8. The maximum absolute atomic E-state index is 11.9. The Kier molecular flexibility index (Phi) is 6.37. The van der Waals surface area contributed by atoms with Gasteiger partial charge in [0.2, 0.25) is 0 Å². The van der Waals surface area contributed by atoms with E-state index in [1.165, 1.54) is 0 Å². The number of benzene rings is 1. The molecule has 0 saturated carbocycles. The normalized spacial score (nSPS) is 13.3. The molecule has 0 aliphatic carbocycles. The molecule has 1 unspecified atom stereocenters. The van der Waals surface area contributed by atoms with Crippen molar-refractivity contribution in [3.63, 3.8) is 0 Å². The molecule has 0 heterocycles. The first-order valence-electron chi connectivity index (χ1n) is 7.33. The van der Waals surface area contributed by atoms with E-state index in [2.05, 4.69) is 17.1 Å². The van der Waals surface area contributed by atoms with Crippen LogP contribution in [0.5, 0.6) is 0 Å². The molecule has 0 aromatic heterocycles. The van der Waals surface area contributed by atoms with Gasteiger partial charge in [0.15, 0.2) is 5.60 Å². The third-order valence-electron chi connectivity index (χ3n) is 3.47. The molecule has 0 saturated heterocycles. The molecule has 3 N–H and O–H groups in total. The zero-order valence-corrected chi connectivity index (χ0v) is 13.3. The smallest absolute Gasteiger partial charge is 0.337 e. The Morgan fingerprint density at radius 1 is 1.27 bits per heavy atom. The lowest BCUT2D eigenvalue weighted by atomic mass is 10.1. The second-order valence-corrected chi connectivity index (χ2v) is 5.58. The van der Waals surface area contributed by atoms with E-state index >= 15 is 0 Å². The second kappa shape index (κ2) is 7.79. The minimum absolute atomic E-state index is 0.348. The van der Waals surface area contributed by atoms with Gasteiger partial charge < -0.3 is 20.4 Å². The van der Waals surface area contributed by atoms with Crippen molar-refractivity contribution in [3.8, 4) is 0 Å². The summed E-state index contributed by atoms with van der Waals surface area (Å²) in [5.41, 5.74) is -0.535. The lowest BCUT2D eigenvalue weighted by molar-refractivity contribution is -0.155. The number of hydrogen-bond acceptors (Lipinski definition) is 4. The van der Waals surface area contributed by atoms with Gasteiger partial charge in [-0.1, -0.05) is 13.3 Å². The fourth-order valence-corrected chi connectivity index (χ4v) is 1.82. The van der Waals surface area contributed by atoms with Gasteiger partial charge in [0.1, 0.15) is 0 Å². The van der Waals surface area contributed by atoms with Crippen LogP contribution in [-0.4, -0.2) is 47.8 Å². The Morgan fingerprint density at radius 3 is 2.36 bits per heavy atom. The van der Waals surface area contributed by atoms with E-state index in [0.717, 1.165) is 32.0 Å². The summed E-state index contributed by atoms with van der Waals surface area (Å²) >= 11 is 0. The molecule has 122 valence electrons. The summed E-state index contributed by atoms with van der Waals surface area (Å²) in [4.78, 5) is 24.8. The number of amides is 1. The quantitative estimate of drug-likeness (QED) is 0.677. The fraction of sp³-hybridized carbons (Fsp3) is 0.500. The SMILES string of the molecule is CCCCN(C)c1ccc(C(=O)NCC(C)(O)C(=O)O)cc1. The molecule has 0 spiro atoms. The molecular weight excluding hydrogens is 284 g/mol. The minimum Gasteiger partial charge on any atom is -0.479 e. The van der Waals surface area contributed by atoms with Gasteiger partial charge in [-0.25, -0.2) is 4.79 Å². The van der Waals surface area contributed by atoms with E-state index in [1.54, 1.807) is 12.1 Å². The van der Waals surface area contributed by atoms with Crippen molar-refractivity contribution in [2.24, 2.45) is 0 Å². The van der Waals surface area contributed by atoms with Crippen LogP contribution in [-0.2, 0) is 4.79 Å². The van der Waals surface area contributed by atoms with Crippen LogP contribution in [0.15, 0.2) is 24.3 Å². The number of aliphatic hydroxyl groups is 1. The molecule has 0 aliphatic heterocycles. The number of hydrogen-bond donors (Lipinski definition) is 3. The van der Waals surface area contributed by atoms with Crippen LogP contribution in [0.2, 0.25) is 0 Å². The number of carbonyl (C=O) groups is 2. The first-order valence-corrected chi connectivity index (χ1v) is 7.33. The highest BCUT2D eigenvalue weighted by Crippen LogP contribution is 2.14. The van der Waals surface area contributed by atoms with Crippen molar-refractivity contribution < 1.29 is 19.8 Å². The molecule has 22 heavy (non-hydrogen) atoms. The third kappa shape index (κ3) is 5.04. The highest BCUT2D eigenvalue weighted by molar-refractivity contribution is 5.95. The first kappa shape index (κ1) is 18.0. The van der Waals surface area contributed by atoms with Crippen molar-refractivity contribution in [2.75, 3.05) is 25.0 Å². The number of aliphatic carboxylic acids is 1. The molecule has 1 amide bonds. The monoisotopic (exact) mass is 308 g/mol. The third-order valence-corrected chi connectivity index (χ3v) is 3.47. The molecule has 0 fully saturated rings. The highest BCUT2D eigenvalue weighted by Gasteiger charge is 2.30. The zero-order valence-electron chi connectivity index (χ0n) is 13.3. The van der Waals surface area contributed by atoms with Crippen LogP contribution in [0.25, 0.3) is 0 Å². The van der Waals surface area contributed by atoms with Crippen LogP contribution < -0.4 is 10.2 Å². The Bertz CT molecular complexity index is 511. The summed E-state index contributed by atoms with van der Waals surface area (Å²) < 4.78 is 0. The molecule has 0 radical (unpaired) electrons. The summed E-state index contributed by atoms with van der Waals surface area (Å²) in [6.45, 7) is 3.87. The van der Waals surface area contributed by atoms with Crippen molar-refractivity contribution in [1.29, 1.82) is 0 Å². The fourth-order valence-electron chi connectivity index (χ4n) is 1.82. The van der Waals surface area contributed by atoms with E-state index in [-0.39, 0.29) is 6.54 Å². The van der Waals surface area contributed by atoms with Crippen LogP contribution in [0.3, 0.4) is 0 Å². The molecule has 0 aliphatic rings. The van der Waals surface area contributed by atoms with Crippen LogP contribution in [0.1, 0.15) is 37.0 Å². The number of anilines is 1. The standard InChI is InChI=1S/C16H24N2O4/c1-4-5-10-18(3)13-8-6-12(7-9-13)14(19)17-11-16(2,22)15(20)21/h6-9,22H,4-5,10-11H2,1-3H3,(H,17,19)(H,20,21). The largest absolute Gasteiger partial charge is 0.479 e. The van der Waals surface area contributed by atoms with Gasteiger partial charge in [-0.2, -0.15) is 0 Å². The zero-order chi connectivity index (χ0) is 16.8. The number of carboxylic acid groups (broad SMARTS) is 1. The first-order chi connectivity index (χ1) is 10.3. The predicted molar refractivity (Wildman–Crippen MR) is 85.2 cm³/mol. The minimum atomic E-state index is -1.98. The van der Waals surface area contributed by atoms with Crippen LogP contribution >= 0.6 is 0 Å². The van der Waals surface area contributed by atoms with Gasteiger partial charge in [-0.15, -0.1) is 0 Å². The number of carbonyl (C=O) groups excluding carboxylic acids is 1. The predicted octanol–water partition coefficient (Wildman–Crippen LogP) is 1.49. The van der Waals surface area contributed by atoms with Gasteiger partial charge in [-0.05, 0) is 37.6 Å². The Hall–Kier alpha value is -2.08. The van der Waals surface area contributed by atoms with Crippen molar-refractivity contribution in [1.82, 2.24) is 5.32 Å². The highest BCUT2D eigenvalue weighted by atomic mass is 16.4. The number of nitrogens with zero attached hydrogens (tertiary/aromatic N) is 1. The molecule has 6 nitrogen and oxygen atoms in total. The van der Waals surface area contributed by atoms with Gasteiger partial charge in [0.05, 0.1) is 6.54 Å². The molecule has 1 aromatic rings. The summed E-state index contributed by atoms with van der Waals surface area (Å²) in [6, 6.07) is 7.06. The van der Waals surface area contributed by atoms with Crippen LogP contribution in [0, 0.1) is 0 Å². The van der Waals surface area contributed by atoms with Gasteiger partial charge in [0, 0.05) is 24.8 Å². The molecule has 1 aromatic carbocycles. The van der Waals surface area contributed by atoms with Gasteiger partial charge in [0.25, 0.3) is 5.91 Å². The topological polar surface area (TPSA) is 89.9 Å². The van der Waals surface area contributed by atoms with Gasteiger partial charge in [-0.3, -0.25) is 4.79 Å². The summed E-state index contributed by atoms with van der Waals surface area (Å²) in [5, 5.41) is 20.8. The van der Waals surface area contributed by atoms with Crippen molar-refractivity contribution in [2.45, 2.75) is 32.3 Å². The van der Waals surface area contributed by atoms with E-state index in [0.29, 0.717) is 5.56 Å². The molecule has 1 rings (SSSR count). The van der Waals surface area contributed by atoms with Crippen molar-refractivity contribution >= 4 is 17.6 Å². The maximum atomic E-state index is 11.9. The summed E-state index contributed by atoms with van der Waals surface area (Å²) in [5.74, 6) is -1.79.